The summed E-state index contributed by atoms with van der Waals surface area (Å²) >= 11 is 0. The summed E-state index contributed by atoms with van der Waals surface area (Å²) in [5, 5.41) is 5.84. The first-order chi connectivity index (χ1) is 16.5. The van der Waals surface area contributed by atoms with E-state index in [4.69, 9.17) is 4.74 Å². The fourth-order valence-corrected chi connectivity index (χ4v) is 3.82. The standard InChI is InChI=1S/C27H25N3O4/c1-18(31)28-21-13-11-20(12-14-21)24-25(29-22-9-6-10-23(17-22)34-2)27(33)30(26(24)32)16-15-19-7-4-3-5-8-19/h3-14,17,29H,15-16H2,1-2H3,(H,28,31). The highest BCUT2D eigenvalue weighted by Gasteiger charge is 2.39. The number of nitrogens with one attached hydrogen (secondary N) is 2. The van der Waals surface area contributed by atoms with Crippen molar-refractivity contribution >= 4 is 34.7 Å². The third kappa shape index (κ3) is 4.99. The van der Waals surface area contributed by atoms with Gasteiger partial charge in [0.05, 0.1) is 12.7 Å². The van der Waals surface area contributed by atoms with Crippen LogP contribution in [0.3, 0.4) is 0 Å². The average Bonchev–Trinajstić information content (AvgIpc) is 3.07. The van der Waals surface area contributed by atoms with E-state index in [0.29, 0.717) is 29.1 Å². The molecule has 0 unspecified atom stereocenters. The van der Waals surface area contributed by atoms with Gasteiger partial charge in [-0.25, -0.2) is 0 Å². The van der Waals surface area contributed by atoms with Gasteiger partial charge >= 0.3 is 0 Å². The number of amides is 3. The summed E-state index contributed by atoms with van der Waals surface area (Å²) in [5.74, 6) is -0.306. The molecule has 7 heteroatoms. The van der Waals surface area contributed by atoms with Gasteiger partial charge in [0.25, 0.3) is 11.8 Å². The molecule has 0 fully saturated rings. The summed E-state index contributed by atoms with van der Waals surface area (Å²) in [6.45, 7) is 1.69. The Hall–Kier alpha value is -4.39. The lowest BCUT2D eigenvalue weighted by Gasteiger charge is -2.15. The van der Waals surface area contributed by atoms with Crippen molar-refractivity contribution in [3.05, 3.63) is 95.7 Å². The van der Waals surface area contributed by atoms with E-state index < -0.39 is 0 Å². The molecule has 172 valence electrons. The molecule has 0 radical (unpaired) electrons. The summed E-state index contributed by atoms with van der Waals surface area (Å²) in [4.78, 5) is 39.4. The van der Waals surface area contributed by atoms with E-state index in [2.05, 4.69) is 10.6 Å². The second-order valence-corrected chi connectivity index (χ2v) is 7.86. The van der Waals surface area contributed by atoms with E-state index in [1.165, 1.54) is 11.8 Å². The van der Waals surface area contributed by atoms with Gasteiger partial charge in [0.2, 0.25) is 5.91 Å². The Balaban J connectivity index is 1.67. The van der Waals surface area contributed by atoms with Crippen molar-refractivity contribution in [1.29, 1.82) is 0 Å². The van der Waals surface area contributed by atoms with E-state index >= 15 is 0 Å². The Morgan fingerprint density at radius 1 is 0.882 bits per heavy atom. The Morgan fingerprint density at radius 2 is 1.62 bits per heavy atom. The molecule has 3 aromatic rings. The largest absolute Gasteiger partial charge is 0.497 e. The minimum Gasteiger partial charge on any atom is -0.497 e. The first-order valence-corrected chi connectivity index (χ1v) is 10.9. The molecule has 0 aliphatic carbocycles. The van der Waals surface area contributed by atoms with Crippen LogP contribution in [0.1, 0.15) is 18.1 Å². The van der Waals surface area contributed by atoms with Crippen LogP contribution in [0, 0.1) is 0 Å². The normalized spacial score (nSPS) is 13.3. The van der Waals surface area contributed by atoms with Gasteiger partial charge in [-0.3, -0.25) is 19.3 Å². The van der Waals surface area contributed by atoms with Crippen LogP contribution in [-0.2, 0) is 20.8 Å². The van der Waals surface area contributed by atoms with Crippen LogP contribution in [-0.4, -0.2) is 36.3 Å². The van der Waals surface area contributed by atoms with Gasteiger partial charge in [-0.05, 0) is 41.8 Å². The molecule has 2 N–H and O–H groups in total. The molecule has 3 aromatic carbocycles. The molecular weight excluding hydrogens is 430 g/mol. The average molecular weight is 456 g/mol. The van der Waals surface area contributed by atoms with Gasteiger partial charge < -0.3 is 15.4 Å². The van der Waals surface area contributed by atoms with Crippen molar-refractivity contribution < 1.29 is 19.1 Å². The molecule has 1 heterocycles. The molecule has 0 aromatic heterocycles. The number of anilines is 2. The number of benzene rings is 3. The Bertz CT molecular complexity index is 1250. The smallest absolute Gasteiger partial charge is 0.278 e. The highest BCUT2D eigenvalue weighted by Crippen LogP contribution is 2.32. The van der Waals surface area contributed by atoms with Crippen molar-refractivity contribution in [2.24, 2.45) is 0 Å². The van der Waals surface area contributed by atoms with Crippen molar-refractivity contribution in [2.75, 3.05) is 24.3 Å². The zero-order valence-corrected chi connectivity index (χ0v) is 19.0. The van der Waals surface area contributed by atoms with E-state index in [-0.39, 0.29) is 35.5 Å². The third-order valence-corrected chi connectivity index (χ3v) is 5.47. The van der Waals surface area contributed by atoms with E-state index in [9.17, 15) is 14.4 Å². The van der Waals surface area contributed by atoms with Gasteiger partial charge in [-0.2, -0.15) is 0 Å². The van der Waals surface area contributed by atoms with Crippen molar-refractivity contribution in [1.82, 2.24) is 4.90 Å². The number of carbonyl (C=O) groups excluding carboxylic acids is 3. The molecule has 0 saturated heterocycles. The SMILES string of the molecule is COc1cccc(NC2=C(c3ccc(NC(C)=O)cc3)C(=O)N(CCc3ccccc3)C2=O)c1. The number of carbonyl (C=O) groups is 3. The van der Waals surface area contributed by atoms with Gasteiger partial charge in [-0.1, -0.05) is 48.5 Å². The number of nitrogens with zero attached hydrogens (tertiary/aromatic N) is 1. The lowest BCUT2D eigenvalue weighted by Crippen LogP contribution is -2.34. The molecular formula is C27H25N3O4. The lowest BCUT2D eigenvalue weighted by molar-refractivity contribution is -0.136. The molecule has 7 nitrogen and oxygen atoms in total. The van der Waals surface area contributed by atoms with E-state index in [1.54, 1.807) is 55.6 Å². The van der Waals surface area contributed by atoms with Crippen LogP contribution in [0.15, 0.2) is 84.6 Å². The number of rotatable bonds is 8. The predicted octanol–water partition coefficient (Wildman–Crippen LogP) is 4.09. The Morgan fingerprint density at radius 3 is 2.29 bits per heavy atom. The minimum atomic E-state index is -0.385. The molecule has 0 saturated carbocycles. The maximum atomic E-state index is 13.4. The Kier molecular flexibility index (Phi) is 6.73. The highest BCUT2D eigenvalue weighted by atomic mass is 16.5. The van der Waals surface area contributed by atoms with Gasteiger partial charge in [-0.15, -0.1) is 0 Å². The monoisotopic (exact) mass is 455 g/mol. The summed E-state index contributed by atoms with van der Waals surface area (Å²) < 4.78 is 5.28. The zero-order valence-electron chi connectivity index (χ0n) is 19.0. The van der Waals surface area contributed by atoms with Gasteiger partial charge in [0.1, 0.15) is 11.4 Å². The van der Waals surface area contributed by atoms with Crippen molar-refractivity contribution in [3.63, 3.8) is 0 Å². The Labute approximate surface area is 198 Å². The lowest BCUT2D eigenvalue weighted by atomic mass is 10.0. The fraction of sp³-hybridized carbons (Fsp3) is 0.148. The van der Waals surface area contributed by atoms with Crippen LogP contribution in [0.4, 0.5) is 11.4 Å². The maximum absolute atomic E-state index is 13.4. The van der Waals surface area contributed by atoms with Crippen LogP contribution in [0.2, 0.25) is 0 Å². The zero-order chi connectivity index (χ0) is 24.1. The number of imide groups is 1. The first kappa shape index (κ1) is 22.8. The summed E-state index contributed by atoms with van der Waals surface area (Å²) in [5.41, 5.74) is 3.36. The maximum Gasteiger partial charge on any atom is 0.278 e. The summed E-state index contributed by atoms with van der Waals surface area (Å²) in [7, 11) is 1.57. The second kappa shape index (κ2) is 10.0. The van der Waals surface area contributed by atoms with E-state index in [1.807, 2.05) is 30.3 Å². The fourth-order valence-electron chi connectivity index (χ4n) is 3.82. The molecule has 34 heavy (non-hydrogen) atoms. The van der Waals surface area contributed by atoms with Crippen LogP contribution < -0.4 is 15.4 Å². The summed E-state index contributed by atoms with van der Waals surface area (Å²) in [6.07, 6.45) is 0.555. The molecule has 1 aliphatic heterocycles. The summed E-state index contributed by atoms with van der Waals surface area (Å²) in [6, 6.07) is 23.7. The highest BCUT2D eigenvalue weighted by molar-refractivity contribution is 6.36. The molecule has 3 amide bonds. The molecule has 0 bridgehead atoms. The topological polar surface area (TPSA) is 87.7 Å². The number of methoxy groups -OCH3 is 1. The molecule has 4 rings (SSSR count). The number of ether oxygens (including phenoxy) is 1. The number of hydrogen-bond acceptors (Lipinski definition) is 5. The van der Waals surface area contributed by atoms with Gasteiger partial charge in [0.15, 0.2) is 0 Å². The third-order valence-electron chi connectivity index (χ3n) is 5.47. The van der Waals surface area contributed by atoms with Gasteiger partial charge in [0, 0.05) is 30.9 Å². The minimum absolute atomic E-state index is 0.188. The molecule has 1 aliphatic rings. The predicted molar refractivity (Wildman–Crippen MR) is 131 cm³/mol. The second-order valence-electron chi connectivity index (χ2n) is 7.86. The van der Waals surface area contributed by atoms with Crippen LogP contribution in [0.5, 0.6) is 5.75 Å². The van der Waals surface area contributed by atoms with Crippen LogP contribution in [0.25, 0.3) is 5.57 Å². The van der Waals surface area contributed by atoms with Crippen molar-refractivity contribution in [2.45, 2.75) is 13.3 Å². The number of hydrogen-bond donors (Lipinski definition) is 2. The quantitative estimate of drug-likeness (QED) is 0.500. The molecule has 0 spiro atoms. The van der Waals surface area contributed by atoms with Crippen LogP contribution >= 0.6 is 0 Å². The molecule has 0 atom stereocenters. The van der Waals surface area contributed by atoms with E-state index in [0.717, 1.165) is 5.56 Å². The van der Waals surface area contributed by atoms with Crippen molar-refractivity contribution in [3.8, 4) is 5.75 Å². The first-order valence-electron chi connectivity index (χ1n) is 10.9.